The summed E-state index contributed by atoms with van der Waals surface area (Å²) >= 11 is 0. The molecule has 2 rings (SSSR count). The number of carbonyl (C=O) groups is 2. The fraction of sp³-hybridized carbons (Fsp3) is 0.533. The zero-order valence-corrected chi connectivity index (χ0v) is 11.8. The van der Waals surface area contributed by atoms with Crippen molar-refractivity contribution in [3.63, 3.8) is 0 Å². The van der Waals surface area contributed by atoms with Crippen LogP contribution in [0.25, 0.3) is 0 Å². The summed E-state index contributed by atoms with van der Waals surface area (Å²) < 4.78 is 0. The summed E-state index contributed by atoms with van der Waals surface area (Å²) in [6, 6.07) is 3.16. The van der Waals surface area contributed by atoms with Crippen molar-refractivity contribution in [2.45, 2.75) is 45.2 Å². The summed E-state index contributed by atoms with van der Waals surface area (Å²) in [4.78, 5) is 29.7. The second-order valence-corrected chi connectivity index (χ2v) is 5.46. The number of pyridine rings is 1. The van der Waals surface area contributed by atoms with Crippen LogP contribution in [0.1, 0.15) is 44.7 Å². The van der Waals surface area contributed by atoms with E-state index in [0.717, 1.165) is 5.56 Å². The minimum atomic E-state index is -0.848. The molecule has 5 nitrogen and oxygen atoms in total. The molecule has 0 spiro atoms. The van der Waals surface area contributed by atoms with E-state index in [1.165, 1.54) is 0 Å². The Bertz CT molecular complexity index is 487. The van der Waals surface area contributed by atoms with E-state index in [4.69, 9.17) is 0 Å². The molecular weight excluding hydrogens is 256 g/mol. The Morgan fingerprint density at radius 3 is 2.80 bits per heavy atom. The van der Waals surface area contributed by atoms with Gasteiger partial charge in [0.25, 0.3) is 0 Å². The van der Waals surface area contributed by atoms with Crippen molar-refractivity contribution in [1.82, 2.24) is 9.88 Å². The maximum absolute atomic E-state index is 12.3. The number of aromatic nitrogens is 1. The van der Waals surface area contributed by atoms with Gasteiger partial charge in [-0.1, -0.05) is 6.07 Å². The number of rotatable bonds is 3. The lowest BCUT2D eigenvalue weighted by atomic mass is 9.89. The lowest BCUT2D eigenvalue weighted by Crippen LogP contribution is -2.43. The van der Waals surface area contributed by atoms with Gasteiger partial charge in [0.15, 0.2) is 0 Å². The van der Waals surface area contributed by atoms with Gasteiger partial charge in [-0.05, 0) is 38.3 Å². The highest BCUT2D eigenvalue weighted by Gasteiger charge is 2.39. The highest BCUT2D eigenvalue weighted by atomic mass is 16.4. The molecule has 0 radical (unpaired) electrons. The van der Waals surface area contributed by atoms with Gasteiger partial charge in [0, 0.05) is 24.9 Å². The van der Waals surface area contributed by atoms with Crippen molar-refractivity contribution >= 4 is 11.9 Å². The summed E-state index contributed by atoms with van der Waals surface area (Å²) in [7, 11) is 0. The van der Waals surface area contributed by atoms with Crippen LogP contribution in [-0.4, -0.2) is 32.9 Å². The summed E-state index contributed by atoms with van der Waals surface area (Å²) in [5.74, 6) is -1.40. The average molecular weight is 276 g/mol. The Kier molecular flexibility index (Phi) is 4.37. The van der Waals surface area contributed by atoms with E-state index in [0.29, 0.717) is 19.3 Å². The first-order valence-corrected chi connectivity index (χ1v) is 6.96. The molecule has 1 aliphatic heterocycles. The molecule has 2 atom stereocenters. The van der Waals surface area contributed by atoms with Crippen LogP contribution >= 0.6 is 0 Å². The van der Waals surface area contributed by atoms with Gasteiger partial charge < -0.3 is 10.0 Å². The fourth-order valence-corrected chi connectivity index (χ4v) is 2.92. The largest absolute Gasteiger partial charge is 0.481 e. The average Bonchev–Trinajstić information content (AvgIpc) is 2.58. The third kappa shape index (κ3) is 2.81. The van der Waals surface area contributed by atoms with E-state index in [2.05, 4.69) is 4.98 Å². The molecule has 1 N–H and O–H groups in total. The van der Waals surface area contributed by atoms with Gasteiger partial charge in [-0.15, -0.1) is 0 Å². The van der Waals surface area contributed by atoms with E-state index in [1.54, 1.807) is 23.4 Å². The third-order valence-electron chi connectivity index (χ3n) is 3.77. The van der Waals surface area contributed by atoms with Crippen LogP contribution in [0.15, 0.2) is 24.5 Å². The zero-order valence-electron chi connectivity index (χ0n) is 11.8. The molecule has 0 aromatic carbocycles. The third-order valence-corrected chi connectivity index (χ3v) is 3.77. The highest BCUT2D eigenvalue weighted by molar-refractivity contribution is 5.80. The first-order chi connectivity index (χ1) is 9.52. The van der Waals surface area contributed by atoms with Gasteiger partial charge in [-0.3, -0.25) is 14.6 Å². The van der Waals surface area contributed by atoms with E-state index in [9.17, 15) is 14.7 Å². The van der Waals surface area contributed by atoms with Gasteiger partial charge in [-0.25, -0.2) is 0 Å². The van der Waals surface area contributed by atoms with Crippen LogP contribution in [0.4, 0.5) is 0 Å². The zero-order chi connectivity index (χ0) is 14.7. The van der Waals surface area contributed by atoms with E-state index in [1.807, 2.05) is 19.9 Å². The lowest BCUT2D eigenvalue weighted by Gasteiger charge is -2.36. The molecule has 1 aromatic heterocycles. The predicted molar refractivity (Wildman–Crippen MR) is 73.9 cm³/mol. The van der Waals surface area contributed by atoms with Crippen LogP contribution in [0, 0.1) is 5.92 Å². The summed E-state index contributed by atoms with van der Waals surface area (Å²) in [6.45, 7) is 3.84. The number of hydrogen-bond donors (Lipinski definition) is 1. The van der Waals surface area contributed by atoms with Crippen molar-refractivity contribution in [2.24, 2.45) is 5.92 Å². The predicted octanol–water partition coefficient (Wildman–Crippen LogP) is 2.24. The summed E-state index contributed by atoms with van der Waals surface area (Å²) in [5.41, 5.74) is 0.795. The van der Waals surface area contributed by atoms with Crippen LogP contribution in [0.2, 0.25) is 0 Å². The molecule has 1 fully saturated rings. The quantitative estimate of drug-likeness (QED) is 0.919. The van der Waals surface area contributed by atoms with Crippen LogP contribution in [-0.2, 0) is 9.59 Å². The smallest absolute Gasteiger partial charge is 0.308 e. The van der Waals surface area contributed by atoms with Crippen molar-refractivity contribution in [3.8, 4) is 0 Å². The van der Waals surface area contributed by atoms with E-state index >= 15 is 0 Å². The molecule has 0 saturated carbocycles. The number of nitrogens with zero attached hydrogens (tertiary/aromatic N) is 2. The summed E-state index contributed by atoms with van der Waals surface area (Å²) in [6.07, 6.45) is 4.87. The molecule has 108 valence electrons. The lowest BCUT2D eigenvalue weighted by molar-refractivity contribution is -0.147. The van der Waals surface area contributed by atoms with Crippen LogP contribution < -0.4 is 0 Å². The fourth-order valence-electron chi connectivity index (χ4n) is 2.92. The molecule has 1 aliphatic rings. The van der Waals surface area contributed by atoms with Crippen LogP contribution in [0.3, 0.4) is 0 Å². The molecule has 2 unspecified atom stereocenters. The first kappa shape index (κ1) is 14.5. The molecule has 5 heteroatoms. The normalized spacial score (nSPS) is 23.8. The number of carbonyl (C=O) groups excluding carboxylic acids is 1. The molecule has 0 aliphatic carbocycles. The number of hydrogen-bond acceptors (Lipinski definition) is 3. The molecule has 2 heterocycles. The van der Waals surface area contributed by atoms with Crippen LogP contribution in [0.5, 0.6) is 0 Å². The molecule has 20 heavy (non-hydrogen) atoms. The SMILES string of the molecule is CC(C)N1C(=O)CCCC(C(=O)O)C1c1cccnc1. The van der Waals surface area contributed by atoms with Crippen molar-refractivity contribution in [1.29, 1.82) is 0 Å². The van der Waals surface area contributed by atoms with Crippen molar-refractivity contribution < 1.29 is 14.7 Å². The minimum absolute atomic E-state index is 0.0256. The maximum Gasteiger partial charge on any atom is 0.308 e. The maximum atomic E-state index is 12.3. The Balaban J connectivity index is 2.49. The second kappa shape index (κ2) is 6.03. The number of carboxylic acids is 1. The first-order valence-electron chi connectivity index (χ1n) is 6.96. The number of amides is 1. The van der Waals surface area contributed by atoms with Gasteiger partial charge in [0.05, 0.1) is 12.0 Å². The number of likely N-dealkylation sites (tertiary alicyclic amines) is 1. The van der Waals surface area contributed by atoms with E-state index < -0.39 is 17.9 Å². The highest BCUT2D eigenvalue weighted by Crippen LogP contribution is 2.36. The monoisotopic (exact) mass is 276 g/mol. The van der Waals surface area contributed by atoms with Crippen molar-refractivity contribution in [3.05, 3.63) is 30.1 Å². The Morgan fingerprint density at radius 2 is 2.25 bits per heavy atom. The van der Waals surface area contributed by atoms with E-state index in [-0.39, 0.29) is 11.9 Å². The Hall–Kier alpha value is -1.91. The molecule has 1 amide bonds. The van der Waals surface area contributed by atoms with Gasteiger partial charge >= 0.3 is 5.97 Å². The Morgan fingerprint density at radius 1 is 1.50 bits per heavy atom. The minimum Gasteiger partial charge on any atom is -0.481 e. The molecule has 1 aromatic rings. The topological polar surface area (TPSA) is 70.5 Å². The number of carboxylic acid groups (broad SMARTS) is 1. The molecule has 1 saturated heterocycles. The van der Waals surface area contributed by atoms with Crippen molar-refractivity contribution in [2.75, 3.05) is 0 Å². The molecule has 0 bridgehead atoms. The summed E-state index contributed by atoms with van der Waals surface area (Å²) in [5, 5.41) is 9.52. The second-order valence-electron chi connectivity index (χ2n) is 5.46. The Labute approximate surface area is 118 Å². The van der Waals surface area contributed by atoms with Gasteiger partial charge in [0.2, 0.25) is 5.91 Å². The standard InChI is InChI=1S/C15H20N2O3/c1-10(2)17-13(18)7-3-6-12(15(19)20)14(17)11-5-4-8-16-9-11/h4-5,8-10,12,14H,3,6-7H2,1-2H3,(H,19,20). The molecular formula is C15H20N2O3. The van der Waals surface area contributed by atoms with Gasteiger partial charge in [-0.2, -0.15) is 0 Å². The van der Waals surface area contributed by atoms with Gasteiger partial charge in [0.1, 0.15) is 0 Å². The number of aliphatic carboxylic acids is 1.